The highest BCUT2D eigenvalue weighted by atomic mass is 16.6. The van der Waals surface area contributed by atoms with E-state index < -0.39 is 11.7 Å². The van der Waals surface area contributed by atoms with Crippen molar-refractivity contribution in [2.24, 2.45) is 0 Å². The molecule has 7 heteroatoms. The van der Waals surface area contributed by atoms with Crippen molar-refractivity contribution in [3.63, 3.8) is 0 Å². The van der Waals surface area contributed by atoms with E-state index in [4.69, 9.17) is 14.2 Å². The molecule has 1 aromatic carbocycles. The number of nitrogens with one attached hydrogen (secondary N) is 2. The molecule has 140 valence electrons. The van der Waals surface area contributed by atoms with Crippen LogP contribution in [0.5, 0.6) is 11.5 Å². The van der Waals surface area contributed by atoms with E-state index in [1.807, 2.05) is 12.1 Å². The fourth-order valence-corrected chi connectivity index (χ4v) is 2.04. The van der Waals surface area contributed by atoms with Crippen LogP contribution in [0.4, 0.5) is 4.79 Å². The van der Waals surface area contributed by atoms with Gasteiger partial charge in [-0.3, -0.25) is 4.79 Å². The van der Waals surface area contributed by atoms with Gasteiger partial charge in [0.05, 0.1) is 14.2 Å². The lowest BCUT2D eigenvalue weighted by Crippen LogP contribution is -2.37. The average Bonchev–Trinajstić information content (AvgIpc) is 2.54. The largest absolute Gasteiger partial charge is 0.497 e. The van der Waals surface area contributed by atoms with Crippen LogP contribution in [-0.4, -0.2) is 44.9 Å². The molecule has 0 radical (unpaired) electrons. The molecule has 0 aliphatic rings. The van der Waals surface area contributed by atoms with Crippen LogP contribution in [-0.2, 0) is 16.0 Å². The Balaban J connectivity index is 2.30. The molecule has 0 atom stereocenters. The van der Waals surface area contributed by atoms with Gasteiger partial charge in [-0.2, -0.15) is 0 Å². The number of alkyl carbamates (subject to hydrolysis) is 1. The van der Waals surface area contributed by atoms with E-state index in [-0.39, 0.29) is 5.91 Å². The van der Waals surface area contributed by atoms with Gasteiger partial charge in [0.2, 0.25) is 5.91 Å². The summed E-state index contributed by atoms with van der Waals surface area (Å²) in [4.78, 5) is 23.3. The summed E-state index contributed by atoms with van der Waals surface area (Å²) in [5, 5.41) is 5.35. The molecule has 0 saturated carbocycles. The fourth-order valence-electron chi connectivity index (χ4n) is 2.04. The van der Waals surface area contributed by atoms with Crippen molar-refractivity contribution in [3.05, 3.63) is 23.8 Å². The van der Waals surface area contributed by atoms with Gasteiger partial charge in [0, 0.05) is 25.6 Å². The zero-order valence-corrected chi connectivity index (χ0v) is 15.6. The first-order chi connectivity index (χ1) is 11.7. The molecule has 0 aliphatic carbocycles. The van der Waals surface area contributed by atoms with E-state index in [0.717, 1.165) is 5.56 Å². The number of carbonyl (C=O) groups excluding carboxylic acids is 2. The van der Waals surface area contributed by atoms with E-state index >= 15 is 0 Å². The van der Waals surface area contributed by atoms with Crippen molar-refractivity contribution in [3.8, 4) is 11.5 Å². The van der Waals surface area contributed by atoms with Gasteiger partial charge in [0.25, 0.3) is 0 Å². The Hall–Kier alpha value is -2.44. The molecule has 0 saturated heterocycles. The van der Waals surface area contributed by atoms with Gasteiger partial charge in [0.15, 0.2) is 0 Å². The van der Waals surface area contributed by atoms with Gasteiger partial charge >= 0.3 is 6.09 Å². The minimum Gasteiger partial charge on any atom is -0.497 e. The van der Waals surface area contributed by atoms with Gasteiger partial charge in [0.1, 0.15) is 17.1 Å². The number of methoxy groups -OCH3 is 2. The zero-order valence-electron chi connectivity index (χ0n) is 15.6. The monoisotopic (exact) mass is 352 g/mol. The minimum atomic E-state index is -0.537. The minimum absolute atomic E-state index is 0.0900. The van der Waals surface area contributed by atoms with Crippen LogP contribution in [0.1, 0.15) is 32.8 Å². The number of carbonyl (C=O) groups is 2. The van der Waals surface area contributed by atoms with Crippen LogP contribution in [0, 0.1) is 0 Å². The Morgan fingerprint density at radius 3 is 2.04 bits per heavy atom. The lowest BCUT2D eigenvalue weighted by Gasteiger charge is -2.19. The highest BCUT2D eigenvalue weighted by Gasteiger charge is 2.15. The first kappa shape index (κ1) is 20.6. The third-order valence-electron chi connectivity index (χ3n) is 3.17. The Morgan fingerprint density at radius 1 is 0.960 bits per heavy atom. The summed E-state index contributed by atoms with van der Waals surface area (Å²) in [6.45, 7) is 6.04. The standard InChI is InChI=1S/C18H28N2O5/c1-18(2,3)25-17(22)20-9-8-19-16(21)7-6-13-10-14(23-4)12-15(11-13)24-5/h10-12H,6-9H2,1-5H3,(H,19,21)(H,20,22). The summed E-state index contributed by atoms with van der Waals surface area (Å²) in [5.74, 6) is 1.29. The molecule has 7 nitrogen and oxygen atoms in total. The second-order valence-corrected chi connectivity index (χ2v) is 6.50. The molecule has 0 aromatic heterocycles. The van der Waals surface area contributed by atoms with Gasteiger partial charge in [-0.1, -0.05) is 0 Å². The molecule has 0 heterocycles. The van der Waals surface area contributed by atoms with Gasteiger partial charge in [-0.25, -0.2) is 4.79 Å². The Labute approximate surface area is 149 Å². The lowest BCUT2D eigenvalue weighted by atomic mass is 10.1. The number of hydrogen-bond donors (Lipinski definition) is 2. The molecule has 2 amide bonds. The maximum absolute atomic E-state index is 11.9. The van der Waals surface area contributed by atoms with E-state index in [1.54, 1.807) is 41.1 Å². The summed E-state index contributed by atoms with van der Waals surface area (Å²) in [6.07, 6.45) is 0.409. The summed E-state index contributed by atoms with van der Waals surface area (Å²) in [5.41, 5.74) is 0.420. The number of aryl methyl sites for hydroxylation is 1. The molecule has 1 rings (SSSR count). The summed E-state index contributed by atoms with van der Waals surface area (Å²) >= 11 is 0. The van der Waals surface area contributed by atoms with Crippen LogP contribution in [0.3, 0.4) is 0 Å². The van der Waals surface area contributed by atoms with Crippen molar-refractivity contribution < 1.29 is 23.8 Å². The van der Waals surface area contributed by atoms with Crippen molar-refractivity contribution in [2.75, 3.05) is 27.3 Å². The molecule has 0 bridgehead atoms. The summed E-state index contributed by atoms with van der Waals surface area (Å²) in [6, 6.07) is 5.53. The van der Waals surface area contributed by atoms with Crippen molar-refractivity contribution in [2.45, 2.75) is 39.2 Å². The maximum Gasteiger partial charge on any atom is 0.407 e. The van der Waals surface area contributed by atoms with E-state index in [2.05, 4.69) is 10.6 Å². The normalized spacial score (nSPS) is 10.8. The predicted octanol–water partition coefficient (Wildman–Crippen LogP) is 2.28. The van der Waals surface area contributed by atoms with Gasteiger partial charge in [-0.05, 0) is 44.9 Å². The predicted molar refractivity (Wildman–Crippen MR) is 95.1 cm³/mol. The number of hydrogen-bond acceptors (Lipinski definition) is 5. The first-order valence-corrected chi connectivity index (χ1v) is 8.19. The van der Waals surface area contributed by atoms with Crippen molar-refractivity contribution >= 4 is 12.0 Å². The molecular formula is C18H28N2O5. The van der Waals surface area contributed by atoms with Gasteiger partial charge < -0.3 is 24.8 Å². The molecular weight excluding hydrogens is 324 g/mol. The average molecular weight is 352 g/mol. The second kappa shape index (κ2) is 9.76. The zero-order chi connectivity index (χ0) is 18.9. The molecule has 25 heavy (non-hydrogen) atoms. The van der Waals surface area contributed by atoms with E-state index in [9.17, 15) is 9.59 Å². The molecule has 0 unspecified atom stereocenters. The number of rotatable bonds is 8. The smallest absolute Gasteiger partial charge is 0.407 e. The quantitative estimate of drug-likeness (QED) is 0.701. The van der Waals surface area contributed by atoms with Crippen LogP contribution < -0.4 is 20.1 Å². The Kier molecular flexibility index (Phi) is 8.04. The highest BCUT2D eigenvalue weighted by molar-refractivity contribution is 5.76. The van der Waals surface area contributed by atoms with E-state index in [0.29, 0.717) is 37.4 Å². The third-order valence-corrected chi connectivity index (χ3v) is 3.17. The SMILES string of the molecule is COc1cc(CCC(=O)NCCNC(=O)OC(C)(C)C)cc(OC)c1. The topological polar surface area (TPSA) is 85.9 Å². The van der Waals surface area contributed by atoms with Gasteiger partial charge in [-0.15, -0.1) is 0 Å². The molecule has 0 spiro atoms. The molecule has 0 fully saturated rings. The number of benzene rings is 1. The molecule has 0 aliphatic heterocycles. The van der Waals surface area contributed by atoms with E-state index in [1.165, 1.54) is 0 Å². The third kappa shape index (κ3) is 8.83. The van der Waals surface area contributed by atoms with Crippen LogP contribution in [0.25, 0.3) is 0 Å². The highest BCUT2D eigenvalue weighted by Crippen LogP contribution is 2.23. The lowest BCUT2D eigenvalue weighted by molar-refractivity contribution is -0.121. The number of amides is 2. The maximum atomic E-state index is 11.9. The first-order valence-electron chi connectivity index (χ1n) is 8.19. The Morgan fingerprint density at radius 2 is 1.52 bits per heavy atom. The summed E-state index contributed by atoms with van der Waals surface area (Å²) < 4.78 is 15.5. The van der Waals surface area contributed by atoms with Crippen molar-refractivity contribution in [1.82, 2.24) is 10.6 Å². The Bertz CT molecular complexity index is 559. The van der Waals surface area contributed by atoms with Crippen LogP contribution >= 0.6 is 0 Å². The molecule has 2 N–H and O–H groups in total. The van der Waals surface area contributed by atoms with Crippen LogP contribution in [0.15, 0.2) is 18.2 Å². The fraction of sp³-hybridized carbons (Fsp3) is 0.556. The van der Waals surface area contributed by atoms with Crippen molar-refractivity contribution in [1.29, 1.82) is 0 Å². The number of ether oxygens (including phenoxy) is 3. The second-order valence-electron chi connectivity index (χ2n) is 6.50. The molecule has 1 aromatic rings. The summed E-state index contributed by atoms with van der Waals surface area (Å²) in [7, 11) is 3.17. The van der Waals surface area contributed by atoms with Crippen LogP contribution in [0.2, 0.25) is 0 Å².